The second-order valence-electron chi connectivity index (χ2n) is 7.41. The zero-order valence-electron chi connectivity index (χ0n) is 19.1. The van der Waals surface area contributed by atoms with Gasteiger partial charge in [0, 0.05) is 16.7 Å². The number of ether oxygens (including phenoxy) is 2. The first-order chi connectivity index (χ1) is 16.6. The van der Waals surface area contributed by atoms with Crippen LogP contribution in [0.3, 0.4) is 0 Å². The van der Waals surface area contributed by atoms with Crippen LogP contribution in [0.15, 0.2) is 77.9 Å². The van der Waals surface area contributed by atoms with E-state index < -0.39 is 0 Å². The molecular weight excluding hydrogens is 432 g/mol. The van der Waals surface area contributed by atoms with Gasteiger partial charge in [0.25, 0.3) is 5.91 Å². The van der Waals surface area contributed by atoms with E-state index in [1.165, 1.54) is 4.80 Å². The lowest BCUT2D eigenvalue weighted by Crippen LogP contribution is -2.19. The number of carbonyl (C=O) groups is 1. The van der Waals surface area contributed by atoms with E-state index in [0.717, 1.165) is 16.7 Å². The number of methoxy groups -OCH3 is 2. The van der Waals surface area contributed by atoms with Gasteiger partial charge in [-0.15, -0.1) is 10.2 Å². The highest BCUT2D eigenvalue weighted by molar-refractivity contribution is 6.01. The molecule has 0 saturated heterocycles. The maximum absolute atomic E-state index is 12.5. The van der Waals surface area contributed by atoms with Crippen molar-refractivity contribution in [3.8, 4) is 22.9 Å². The van der Waals surface area contributed by atoms with E-state index in [1.54, 1.807) is 45.4 Å². The van der Waals surface area contributed by atoms with Crippen molar-refractivity contribution < 1.29 is 14.3 Å². The van der Waals surface area contributed by atoms with Crippen LogP contribution < -0.4 is 14.9 Å². The molecule has 0 aliphatic rings. The van der Waals surface area contributed by atoms with E-state index in [4.69, 9.17) is 9.47 Å². The van der Waals surface area contributed by atoms with E-state index in [2.05, 4.69) is 25.9 Å². The summed E-state index contributed by atoms with van der Waals surface area (Å²) in [6, 6.07) is 22.3. The Kier molecular flexibility index (Phi) is 6.92. The zero-order chi connectivity index (χ0) is 23.9. The summed E-state index contributed by atoms with van der Waals surface area (Å²) in [7, 11) is 3.15. The number of hydrogen-bond acceptors (Lipinski definition) is 7. The second-order valence-corrected chi connectivity index (χ2v) is 7.41. The normalized spacial score (nSPS) is 11.2. The van der Waals surface area contributed by atoms with E-state index in [1.807, 2.05) is 48.5 Å². The summed E-state index contributed by atoms with van der Waals surface area (Å²) in [5.74, 6) is 1.48. The third kappa shape index (κ3) is 5.26. The van der Waals surface area contributed by atoms with Crippen LogP contribution in [-0.2, 0) is 6.54 Å². The molecule has 0 aliphatic carbocycles. The van der Waals surface area contributed by atoms with Crippen molar-refractivity contribution in [3.05, 3.63) is 89.5 Å². The number of nitrogens with zero attached hydrogens (tertiary/aromatic N) is 5. The summed E-state index contributed by atoms with van der Waals surface area (Å²) < 4.78 is 10.6. The molecule has 4 rings (SSSR count). The number of benzene rings is 3. The number of nitrogens with one attached hydrogen (secondary N) is 1. The molecule has 1 amide bonds. The third-order valence-electron chi connectivity index (χ3n) is 5.15. The fraction of sp³-hybridized carbons (Fsp3) is 0.160. The van der Waals surface area contributed by atoms with Gasteiger partial charge in [-0.05, 0) is 48.0 Å². The molecule has 1 N–H and O–H groups in total. The van der Waals surface area contributed by atoms with Gasteiger partial charge in [0.2, 0.25) is 5.82 Å². The van der Waals surface area contributed by atoms with Crippen LogP contribution in [0, 0.1) is 0 Å². The quantitative estimate of drug-likeness (QED) is 0.321. The molecule has 1 heterocycles. The number of carbonyl (C=O) groups excluding carboxylic acids is 1. The number of hydrazone groups is 1. The summed E-state index contributed by atoms with van der Waals surface area (Å²) >= 11 is 0. The first-order valence-corrected chi connectivity index (χ1v) is 10.6. The van der Waals surface area contributed by atoms with Crippen LogP contribution in [0.1, 0.15) is 28.4 Å². The molecule has 3 aromatic carbocycles. The van der Waals surface area contributed by atoms with Gasteiger partial charge in [0.15, 0.2) is 11.5 Å². The maximum Gasteiger partial charge on any atom is 0.271 e. The maximum atomic E-state index is 12.5. The molecule has 4 aromatic rings. The molecule has 1 aromatic heterocycles. The smallest absolute Gasteiger partial charge is 0.271 e. The Balaban J connectivity index is 1.38. The number of tetrazole rings is 1. The topological polar surface area (TPSA) is 104 Å². The van der Waals surface area contributed by atoms with Crippen LogP contribution >= 0.6 is 0 Å². The van der Waals surface area contributed by atoms with E-state index in [0.29, 0.717) is 35.1 Å². The molecule has 172 valence electrons. The summed E-state index contributed by atoms with van der Waals surface area (Å²) in [4.78, 5) is 14.1. The molecule has 0 spiro atoms. The highest BCUT2D eigenvalue weighted by Gasteiger charge is 2.10. The second kappa shape index (κ2) is 10.4. The van der Waals surface area contributed by atoms with Crippen LogP contribution in [0.25, 0.3) is 11.4 Å². The molecular formula is C25H24N6O3. The Labute approximate surface area is 197 Å². The minimum Gasteiger partial charge on any atom is -0.493 e. The molecule has 0 atom stereocenters. The molecule has 0 bridgehead atoms. The monoisotopic (exact) mass is 456 g/mol. The summed E-state index contributed by atoms with van der Waals surface area (Å²) in [6.45, 7) is 2.25. The van der Waals surface area contributed by atoms with Crippen molar-refractivity contribution in [1.82, 2.24) is 25.6 Å². The van der Waals surface area contributed by atoms with Gasteiger partial charge in [0.1, 0.15) is 0 Å². The zero-order valence-corrected chi connectivity index (χ0v) is 19.1. The highest BCUT2D eigenvalue weighted by atomic mass is 16.5. The number of rotatable bonds is 8. The molecule has 0 aliphatic heterocycles. The van der Waals surface area contributed by atoms with E-state index >= 15 is 0 Å². The van der Waals surface area contributed by atoms with Gasteiger partial charge in [-0.3, -0.25) is 4.79 Å². The first-order valence-electron chi connectivity index (χ1n) is 10.6. The van der Waals surface area contributed by atoms with Crippen molar-refractivity contribution in [2.24, 2.45) is 5.10 Å². The lowest BCUT2D eigenvalue weighted by Gasteiger charge is -2.09. The fourth-order valence-corrected chi connectivity index (χ4v) is 3.26. The molecule has 0 unspecified atom stereocenters. The highest BCUT2D eigenvalue weighted by Crippen LogP contribution is 2.27. The van der Waals surface area contributed by atoms with Crippen molar-refractivity contribution in [1.29, 1.82) is 0 Å². The fourth-order valence-electron chi connectivity index (χ4n) is 3.26. The van der Waals surface area contributed by atoms with Crippen molar-refractivity contribution in [2.75, 3.05) is 14.2 Å². The van der Waals surface area contributed by atoms with Gasteiger partial charge >= 0.3 is 0 Å². The van der Waals surface area contributed by atoms with Crippen LogP contribution in [0.4, 0.5) is 0 Å². The third-order valence-corrected chi connectivity index (χ3v) is 5.15. The molecule has 34 heavy (non-hydrogen) atoms. The molecule has 0 fully saturated rings. The van der Waals surface area contributed by atoms with Crippen molar-refractivity contribution in [2.45, 2.75) is 13.5 Å². The summed E-state index contributed by atoms with van der Waals surface area (Å²) in [5.41, 5.74) is 6.38. The average molecular weight is 457 g/mol. The largest absolute Gasteiger partial charge is 0.493 e. The van der Waals surface area contributed by atoms with Gasteiger partial charge in [0.05, 0.1) is 26.5 Å². The Hall–Kier alpha value is -4.53. The standard InChI is InChI=1S/C25H24N6O3/c1-17(21-13-14-22(33-2)23(15-21)34-3)26-28-25(32)20-11-9-18(10-12-20)16-31-29-24(27-30-31)19-7-5-4-6-8-19/h4-15H,16H2,1-3H3,(H,28,32)/b26-17+. The van der Waals surface area contributed by atoms with E-state index in [-0.39, 0.29) is 5.91 Å². The lowest BCUT2D eigenvalue weighted by atomic mass is 10.1. The predicted octanol–water partition coefficient (Wildman–Crippen LogP) is 3.56. The minimum absolute atomic E-state index is 0.309. The van der Waals surface area contributed by atoms with Crippen LogP contribution in [0.2, 0.25) is 0 Å². The number of hydrogen-bond donors (Lipinski definition) is 1. The lowest BCUT2D eigenvalue weighted by molar-refractivity contribution is 0.0955. The molecule has 0 saturated carbocycles. The van der Waals surface area contributed by atoms with Gasteiger partial charge in [-0.1, -0.05) is 42.5 Å². The van der Waals surface area contributed by atoms with Crippen LogP contribution in [-0.4, -0.2) is 46.0 Å². The Morgan fingerprint density at radius 3 is 2.35 bits per heavy atom. The Morgan fingerprint density at radius 1 is 0.941 bits per heavy atom. The first kappa shape index (κ1) is 22.7. The SMILES string of the molecule is COc1ccc(/C(C)=N/NC(=O)c2ccc(Cn3nnc(-c4ccccc4)n3)cc2)cc1OC. The predicted molar refractivity (Wildman–Crippen MR) is 128 cm³/mol. The minimum atomic E-state index is -0.309. The van der Waals surface area contributed by atoms with Gasteiger partial charge in [-0.2, -0.15) is 9.90 Å². The number of amides is 1. The Morgan fingerprint density at radius 2 is 1.65 bits per heavy atom. The summed E-state index contributed by atoms with van der Waals surface area (Å²) in [6.07, 6.45) is 0. The van der Waals surface area contributed by atoms with E-state index in [9.17, 15) is 4.79 Å². The Bertz CT molecular complexity index is 1300. The van der Waals surface area contributed by atoms with Crippen LogP contribution in [0.5, 0.6) is 11.5 Å². The molecule has 9 heteroatoms. The van der Waals surface area contributed by atoms with Crippen molar-refractivity contribution in [3.63, 3.8) is 0 Å². The van der Waals surface area contributed by atoms with Crippen molar-refractivity contribution >= 4 is 11.6 Å². The average Bonchev–Trinajstić information content (AvgIpc) is 3.36. The van der Waals surface area contributed by atoms with Gasteiger partial charge < -0.3 is 9.47 Å². The van der Waals surface area contributed by atoms with Gasteiger partial charge in [-0.25, -0.2) is 5.43 Å². The molecule has 0 radical (unpaired) electrons. The number of aromatic nitrogens is 4. The summed E-state index contributed by atoms with van der Waals surface area (Å²) in [5, 5.41) is 16.8. The molecule has 9 nitrogen and oxygen atoms in total.